The molecule has 3 aromatic rings. The summed E-state index contributed by atoms with van der Waals surface area (Å²) in [6.07, 6.45) is 1.28. The fourth-order valence-corrected chi connectivity index (χ4v) is 3.04. The van der Waals surface area contributed by atoms with Crippen LogP contribution in [0.5, 0.6) is 5.75 Å². The Hall–Kier alpha value is -2.80. The van der Waals surface area contributed by atoms with Crippen molar-refractivity contribution in [2.75, 3.05) is 18.9 Å². The Balaban J connectivity index is 1.31. The van der Waals surface area contributed by atoms with Gasteiger partial charge in [-0.15, -0.1) is 10.2 Å². The van der Waals surface area contributed by atoms with E-state index in [1.807, 2.05) is 18.2 Å². The highest BCUT2D eigenvalue weighted by molar-refractivity contribution is 7.98. The summed E-state index contributed by atoms with van der Waals surface area (Å²) < 4.78 is 10.6. The lowest BCUT2D eigenvalue weighted by Gasteiger charge is -2.08. The van der Waals surface area contributed by atoms with Crippen LogP contribution in [-0.2, 0) is 10.5 Å². The minimum absolute atomic E-state index is 0.0107. The molecule has 1 heterocycles. The van der Waals surface area contributed by atoms with Gasteiger partial charge in [0.25, 0.3) is 5.91 Å². The van der Waals surface area contributed by atoms with E-state index in [0.29, 0.717) is 18.2 Å². The average Bonchev–Trinajstić information content (AvgIpc) is 3.22. The Kier molecular flexibility index (Phi) is 6.66. The van der Waals surface area contributed by atoms with Crippen molar-refractivity contribution >= 4 is 17.7 Å². The van der Waals surface area contributed by atoms with Crippen molar-refractivity contribution < 1.29 is 13.9 Å². The number of benzene rings is 2. The molecular weight excluding hydrogens is 350 g/mol. The summed E-state index contributed by atoms with van der Waals surface area (Å²) in [6, 6.07) is 17.4. The third kappa shape index (κ3) is 5.63. The van der Waals surface area contributed by atoms with Gasteiger partial charge in [-0.05, 0) is 29.8 Å². The molecule has 0 radical (unpaired) electrons. The molecule has 1 aromatic heterocycles. The van der Waals surface area contributed by atoms with E-state index < -0.39 is 0 Å². The zero-order valence-corrected chi connectivity index (χ0v) is 14.9. The van der Waals surface area contributed by atoms with E-state index in [0.717, 1.165) is 17.1 Å². The van der Waals surface area contributed by atoms with Gasteiger partial charge >= 0.3 is 0 Å². The third-order valence-electron chi connectivity index (χ3n) is 3.51. The quantitative estimate of drug-likeness (QED) is 0.584. The first kappa shape index (κ1) is 18.0. The second-order valence-electron chi connectivity index (χ2n) is 5.45. The Morgan fingerprint density at radius 1 is 1.12 bits per heavy atom. The molecule has 0 atom stereocenters. The predicted octanol–water partition coefficient (Wildman–Crippen LogP) is 3.17. The van der Waals surface area contributed by atoms with E-state index in [-0.39, 0.29) is 12.5 Å². The van der Waals surface area contributed by atoms with Gasteiger partial charge in [-0.1, -0.05) is 30.3 Å². The fourth-order valence-electron chi connectivity index (χ4n) is 2.22. The van der Waals surface area contributed by atoms with Crippen LogP contribution in [0.15, 0.2) is 65.4 Å². The first-order valence-corrected chi connectivity index (χ1v) is 9.34. The Bertz CT molecular complexity index is 793. The molecule has 134 valence electrons. The summed E-state index contributed by atoms with van der Waals surface area (Å²) in [4.78, 5) is 11.8. The molecule has 0 bridgehead atoms. The number of hydrogen-bond donors (Lipinski definition) is 1. The average molecular weight is 369 g/mol. The molecule has 0 fully saturated rings. The highest BCUT2D eigenvalue weighted by atomic mass is 32.2. The topological polar surface area (TPSA) is 77.2 Å². The summed E-state index contributed by atoms with van der Waals surface area (Å²) in [5.41, 5.74) is 2.09. The molecule has 0 aliphatic carbocycles. The first-order valence-electron chi connectivity index (χ1n) is 8.19. The van der Waals surface area contributed by atoms with Crippen molar-refractivity contribution in [2.24, 2.45) is 0 Å². The maximum atomic E-state index is 11.8. The number of ether oxygens (including phenoxy) is 1. The molecule has 1 amide bonds. The maximum absolute atomic E-state index is 11.8. The van der Waals surface area contributed by atoms with Crippen LogP contribution in [0.2, 0.25) is 0 Å². The van der Waals surface area contributed by atoms with E-state index >= 15 is 0 Å². The van der Waals surface area contributed by atoms with Crippen molar-refractivity contribution in [3.63, 3.8) is 0 Å². The van der Waals surface area contributed by atoms with Gasteiger partial charge in [-0.25, -0.2) is 0 Å². The Morgan fingerprint density at radius 2 is 1.92 bits per heavy atom. The highest BCUT2D eigenvalue weighted by Crippen LogP contribution is 2.20. The largest absolute Gasteiger partial charge is 0.484 e. The van der Waals surface area contributed by atoms with Crippen molar-refractivity contribution in [1.82, 2.24) is 15.5 Å². The molecule has 0 spiro atoms. The van der Waals surface area contributed by atoms with Crippen molar-refractivity contribution in [3.05, 3.63) is 66.6 Å². The third-order valence-corrected chi connectivity index (χ3v) is 4.54. The second kappa shape index (κ2) is 9.62. The van der Waals surface area contributed by atoms with Gasteiger partial charge in [-0.3, -0.25) is 4.79 Å². The van der Waals surface area contributed by atoms with Crippen LogP contribution >= 0.6 is 11.8 Å². The number of aromatic nitrogens is 2. The summed E-state index contributed by atoms with van der Waals surface area (Å²) >= 11 is 1.79. The molecule has 0 saturated heterocycles. The molecular formula is C19H19N3O3S. The van der Waals surface area contributed by atoms with Crippen LogP contribution < -0.4 is 10.1 Å². The molecule has 1 N–H and O–H groups in total. The Morgan fingerprint density at radius 3 is 2.65 bits per heavy atom. The summed E-state index contributed by atoms with van der Waals surface area (Å²) in [7, 11) is 0. The smallest absolute Gasteiger partial charge is 0.257 e. The number of amides is 1. The Labute approximate surface area is 156 Å². The first-order chi connectivity index (χ1) is 12.8. The van der Waals surface area contributed by atoms with Gasteiger partial charge in [0.2, 0.25) is 12.3 Å². The van der Waals surface area contributed by atoms with Crippen molar-refractivity contribution in [1.29, 1.82) is 0 Å². The molecule has 3 rings (SSSR count). The summed E-state index contributed by atoms with van der Waals surface area (Å²) in [5, 5.41) is 10.3. The van der Waals surface area contributed by atoms with Crippen LogP contribution in [0.4, 0.5) is 0 Å². The SMILES string of the molecule is O=C(COc1ccc(-c2nnco2)cc1)NCCSCc1ccccc1. The van der Waals surface area contributed by atoms with Crippen LogP contribution in [0.1, 0.15) is 5.56 Å². The number of nitrogens with one attached hydrogen (secondary N) is 1. The molecule has 6 nitrogen and oxygen atoms in total. The minimum atomic E-state index is -0.133. The van der Waals surface area contributed by atoms with Crippen LogP contribution in [0.25, 0.3) is 11.5 Å². The molecule has 0 unspecified atom stereocenters. The van der Waals surface area contributed by atoms with Crippen LogP contribution in [-0.4, -0.2) is 35.0 Å². The summed E-state index contributed by atoms with van der Waals surface area (Å²) in [6.45, 7) is 0.610. The van der Waals surface area contributed by atoms with Crippen LogP contribution in [0.3, 0.4) is 0 Å². The standard InChI is InChI=1S/C19H19N3O3S/c23-18(20-10-11-26-13-15-4-2-1-3-5-15)12-24-17-8-6-16(7-9-17)19-22-21-14-25-19/h1-9,14H,10-13H2,(H,20,23). The van der Waals surface area contributed by atoms with E-state index in [2.05, 4.69) is 27.6 Å². The predicted molar refractivity (Wildman–Crippen MR) is 101 cm³/mol. The van der Waals surface area contributed by atoms with Crippen molar-refractivity contribution in [3.8, 4) is 17.2 Å². The molecule has 2 aromatic carbocycles. The number of rotatable bonds is 9. The van der Waals surface area contributed by atoms with E-state index in [1.165, 1.54) is 12.0 Å². The summed E-state index contributed by atoms with van der Waals surface area (Å²) in [5.74, 6) is 2.73. The van der Waals surface area contributed by atoms with Crippen LogP contribution in [0, 0.1) is 0 Å². The van der Waals surface area contributed by atoms with Gasteiger partial charge in [0.05, 0.1) is 0 Å². The molecule has 26 heavy (non-hydrogen) atoms. The number of hydrogen-bond acceptors (Lipinski definition) is 6. The molecule has 0 aliphatic heterocycles. The lowest BCUT2D eigenvalue weighted by atomic mass is 10.2. The van der Waals surface area contributed by atoms with E-state index in [9.17, 15) is 4.79 Å². The van der Waals surface area contributed by atoms with Crippen molar-refractivity contribution in [2.45, 2.75) is 5.75 Å². The number of nitrogens with zero attached hydrogens (tertiary/aromatic N) is 2. The monoisotopic (exact) mass is 369 g/mol. The van der Waals surface area contributed by atoms with E-state index in [4.69, 9.17) is 9.15 Å². The second-order valence-corrected chi connectivity index (χ2v) is 6.55. The zero-order chi connectivity index (χ0) is 18.0. The lowest BCUT2D eigenvalue weighted by molar-refractivity contribution is -0.122. The van der Waals surface area contributed by atoms with Gasteiger partial charge in [0.1, 0.15) is 5.75 Å². The molecule has 0 aliphatic rings. The van der Waals surface area contributed by atoms with E-state index in [1.54, 1.807) is 36.0 Å². The lowest BCUT2D eigenvalue weighted by Crippen LogP contribution is -2.30. The zero-order valence-electron chi connectivity index (χ0n) is 14.1. The minimum Gasteiger partial charge on any atom is -0.484 e. The normalized spacial score (nSPS) is 10.5. The fraction of sp³-hybridized carbons (Fsp3) is 0.211. The van der Waals surface area contributed by atoms with Gasteiger partial charge in [0, 0.05) is 23.6 Å². The van der Waals surface area contributed by atoms with Gasteiger partial charge < -0.3 is 14.5 Å². The molecule has 0 saturated carbocycles. The molecule has 7 heteroatoms. The van der Waals surface area contributed by atoms with Gasteiger partial charge in [0.15, 0.2) is 6.61 Å². The highest BCUT2D eigenvalue weighted by Gasteiger charge is 2.05. The van der Waals surface area contributed by atoms with Gasteiger partial charge in [-0.2, -0.15) is 11.8 Å². The maximum Gasteiger partial charge on any atom is 0.257 e. The number of thioether (sulfide) groups is 1. The number of carbonyl (C=O) groups excluding carboxylic acids is 1. The number of carbonyl (C=O) groups is 1.